The Morgan fingerprint density at radius 1 is 1.11 bits per heavy atom. The van der Waals surface area contributed by atoms with Crippen molar-refractivity contribution in [1.29, 1.82) is 0 Å². The van der Waals surface area contributed by atoms with Gasteiger partial charge in [0.05, 0.1) is 0 Å². The summed E-state index contributed by atoms with van der Waals surface area (Å²) in [5.41, 5.74) is 2.83. The Labute approximate surface area is 110 Å². The topological polar surface area (TPSA) is 17.0 Å². The Kier molecular flexibility index (Phi) is 4.82. The highest BCUT2D eigenvalue weighted by Crippen LogP contribution is 2.21. The standard InChI is InChI=1S/C16H24N2/c1-3-11-17-12-7-6-8-14-13-18(2)16-10-5-4-9-15(14)16/h4-5,9-10,13,17H,3,6-8,11-12H2,1-2H3. The normalized spacial score (nSPS) is 11.2. The van der Waals surface area contributed by atoms with Crippen molar-refractivity contribution >= 4 is 10.9 Å². The van der Waals surface area contributed by atoms with Crippen LogP contribution in [0.3, 0.4) is 0 Å². The minimum Gasteiger partial charge on any atom is -0.350 e. The lowest BCUT2D eigenvalue weighted by atomic mass is 10.1. The highest BCUT2D eigenvalue weighted by molar-refractivity contribution is 5.83. The SMILES string of the molecule is CCCNCCCCc1cn(C)c2ccccc12. The van der Waals surface area contributed by atoms with Gasteiger partial charge in [-0.05, 0) is 50.4 Å². The molecule has 0 unspecified atom stereocenters. The maximum absolute atomic E-state index is 3.46. The lowest BCUT2D eigenvalue weighted by molar-refractivity contribution is 0.617. The Bertz CT molecular complexity index is 485. The number of aromatic nitrogens is 1. The predicted molar refractivity (Wildman–Crippen MR) is 79.0 cm³/mol. The van der Waals surface area contributed by atoms with Crippen LogP contribution in [0.2, 0.25) is 0 Å². The number of hydrogen-bond donors (Lipinski definition) is 1. The molecule has 0 aliphatic carbocycles. The van der Waals surface area contributed by atoms with Crippen molar-refractivity contribution in [2.75, 3.05) is 13.1 Å². The van der Waals surface area contributed by atoms with Crippen molar-refractivity contribution < 1.29 is 0 Å². The van der Waals surface area contributed by atoms with E-state index in [2.05, 4.69) is 54.3 Å². The van der Waals surface area contributed by atoms with Gasteiger partial charge < -0.3 is 9.88 Å². The van der Waals surface area contributed by atoms with Crippen LogP contribution in [-0.4, -0.2) is 17.7 Å². The summed E-state index contributed by atoms with van der Waals surface area (Å²) in [4.78, 5) is 0. The van der Waals surface area contributed by atoms with Gasteiger partial charge >= 0.3 is 0 Å². The first kappa shape index (κ1) is 13.2. The number of unbranched alkanes of at least 4 members (excludes halogenated alkanes) is 1. The van der Waals surface area contributed by atoms with Crippen LogP contribution >= 0.6 is 0 Å². The van der Waals surface area contributed by atoms with Crippen LogP contribution in [0.5, 0.6) is 0 Å². The van der Waals surface area contributed by atoms with Crippen molar-refractivity contribution in [2.45, 2.75) is 32.6 Å². The molecule has 0 radical (unpaired) electrons. The summed E-state index contributed by atoms with van der Waals surface area (Å²) in [5.74, 6) is 0. The number of nitrogens with one attached hydrogen (secondary N) is 1. The summed E-state index contributed by atoms with van der Waals surface area (Å²) in [6, 6.07) is 8.68. The largest absolute Gasteiger partial charge is 0.350 e. The molecule has 98 valence electrons. The molecule has 2 heteroatoms. The summed E-state index contributed by atoms with van der Waals surface area (Å²) in [6.45, 7) is 4.51. The predicted octanol–water partition coefficient (Wildman–Crippen LogP) is 3.50. The second-order valence-corrected chi connectivity index (χ2v) is 4.99. The molecule has 1 aromatic heterocycles. The van der Waals surface area contributed by atoms with Gasteiger partial charge in [0, 0.05) is 24.1 Å². The highest BCUT2D eigenvalue weighted by Gasteiger charge is 2.04. The molecule has 0 aliphatic rings. The molecule has 0 saturated carbocycles. The van der Waals surface area contributed by atoms with Crippen LogP contribution < -0.4 is 5.32 Å². The van der Waals surface area contributed by atoms with Crippen molar-refractivity contribution in [3.63, 3.8) is 0 Å². The molecule has 0 amide bonds. The van der Waals surface area contributed by atoms with Gasteiger partial charge in [0.15, 0.2) is 0 Å². The molecular weight excluding hydrogens is 220 g/mol. The van der Waals surface area contributed by atoms with E-state index in [1.807, 2.05) is 0 Å². The molecule has 2 nitrogen and oxygen atoms in total. The average molecular weight is 244 g/mol. The highest BCUT2D eigenvalue weighted by atomic mass is 14.9. The Hall–Kier alpha value is -1.28. The van der Waals surface area contributed by atoms with Crippen LogP contribution in [0.15, 0.2) is 30.5 Å². The van der Waals surface area contributed by atoms with Crippen molar-refractivity contribution in [3.8, 4) is 0 Å². The fraction of sp³-hybridized carbons (Fsp3) is 0.500. The molecule has 1 heterocycles. The summed E-state index contributed by atoms with van der Waals surface area (Å²) in [5, 5.41) is 4.88. The Morgan fingerprint density at radius 2 is 1.94 bits per heavy atom. The summed E-state index contributed by atoms with van der Waals surface area (Å²) in [6.07, 6.45) is 7.23. The number of para-hydroxylation sites is 1. The van der Waals surface area contributed by atoms with Crippen molar-refractivity contribution in [2.24, 2.45) is 7.05 Å². The minimum absolute atomic E-state index is 1.15. The average Bonchev–Trinajstić information content (AvgIpc) is 2.71. The lowest BCUT2D eigenvalue weighted by Crippen LogP contribution is -2.15. The van der Waals surface area contributed by atoms with Crippen LogP contribution in [0.4, 0.5) is 0 Å². The smallest absolute Gasteiger partial charge is 0.0480 e. The molecule has 0 bridgehead atoms. The van der Waals surface area contributed by atoms with E-state index >= 15 is 0 Å². The molecular formula is C16H24N2. The van der Waals surface area contributed by atoms with E-state index in [9.17, 15) is 0 Å². The molecule has 0 saturated heterocycles. The van der Waals surface area contributed by atoms with E-state index in [4.69, 9.17) is 0 Å². The van der Waals surface area contributed by atoms with E-state index in [-0.39, 0.29) is 0 Å². The van der Waals surface area contributed by atoms with Gasteiger partial charge in [-0.25, -0.2) is 0 Å². The first-order valence-corrected chi connectivity index (χ1v) is 7.06. The van der Waals surface area contributed by atoms with Crippen LogP contribution in [-0.2, 0) is 13.5 Å². The Morgan fingerprint density at radius 3 is 2.78 bits per heavy atom. The number of nitrogens with zero attached hydrogens (tertiary/aromatic N) is 1. The van der Waals surface area contributed by atoms with Crippen LogP contribution in [0.1, 0.15) is 31.7 Å². The van der Waals surface area contributed by atoms with Gasteiger partial charge in [-0.2, -0.15) is 0 Å². The Balaban J connectivity index is 1.88. The van der Waals surface area contributed by atoms with Gasteiger partial charge in [-0.15, -0.1) is 0 Å². The van der Waals surface area contributed by atoms with Gasteiger partial charge in [0.25, 0.3) is 0 Å². The molecule has 2 aromatic rings. The van der Waals surface area contributed by atoms with E-state index < -0.39 is 0 Å². The lowest BCUT2D eigenvalue weighted by Gasteiger charge is -2.02. The number of hydrogen-bond acceptors (Lipinski definition) is 1. The van der Waals surface area contributed by atoms with E-state index in [1.54, 1.807) is 0 Å². The third kappa shape index (κ3) is 3.14. The third-order valence-corrected chi connectivity index (χ3v) is 3.46. The molecule has 18 heavy (non-hydrogen) atoms. The third-order valence-electron chi connectivity index (χ3n) is 3.46. The maximum atomic E-state index is 3.46. The summed E-state index contributed by atoms with van der Waals surface area (Å²) >= 11 is 0. The van der Waals surface area contributed by atoms with Gasteiger partial charge in [0.1, 0.15) is 0 Å². The molecule has 0 atom stereocenters. The van der Waals surface area contributed by atoms with Crippen molar-refractivity contribution in [1.82, 2.24) is 9.88 Å². The summed E-state index contributed by atoms with van der Waals surface area (Å²) < 4.78 is 2.24. The molecule has 1 aromatic carbocycles. The number of rotatable bonds is 7. The van der Waals surface area contributed by atoms with E-state index in [0.717, 1.165) is 13.1 Å². The number of fused-ring (bicyclic) bond motifs is 1. The fourth-order valence-corrected chi connectivity index (χ4v) is 2.49. The fourth-order valence-electron chi connectivity index (χ4n) is 2.49. The maximum Gasteiger partial charge on any atom is 0.0480 e. The minimum atomic E-state index is 1.15. The van der Waals surface area contributed by atoms with E-state index in [0.29, 0.717) is 0 Å². The first-order chi connectivity index (χ1) is 8.83. The zero-order valence-corrected chi connectivity index (χ0v) is 11.6. The number of benzene rings is 1. The number of aryl methyl sites for hydroxylation is 2. The quantitative estimate of drug-likeness (QED) is 0.738. The molecule has 0 aliphatic heterocycles. The van der Waals surface area contributed by atoms with Gasteiger partial charge in [0.2, 0.25) is 0 Å². The second-order valence-electron chi connectivity index (χ2n) is 4.99. The van der Waals surface area contributed by atoms with Crippen LogP contribution in [0.25, 0.3) is 10.9 Å². The molecule has 0 spiro atoms. The second kappa shape index (κ2) is 6.60. The zero-order valence-electron chi connectivity index (χ0n) is 11.6. The molecule has 2 rings (SSSR count). The first-order valence-electron chi connectivity index (χ1n) is 7.06. The van der Waals surface area contributed by atoms with Crippen molar-refractivity contribution in [3.05, 3.63) is 36.0 Å². The van der Waals surface area contributed by atoms with Gasteiger partial charge in [-0.1, -0.05) is 25.1 Å². The van der Waals surface area contributed by atoms with E-state index in [1.165, 1.54) is 42.1 Å². The summed E-state index contributed by atoms with van der Waals surface area (Å²) in [7, 11) is 2.13. The monoisotopic (exact) mass is 244 g/mol. The van der Waals surface area contributed by atoms with Gasteiger partial charge in [-0.3, -0.25) is 0 Å². The molecule has 1 N–H and O–H groups in total. The van der Waals surface area contributed by atoms with Crippen LogP contribution in [0, 0.1) is 0 Å². The zero-order chi connectivity index (χ0) is 12.8. The molecule has 0 fully saturated rings.